The van der Waals surface area contributed by atoms with E-state index in [-0.39, 0.29) is 0 Å². The van der Waals surface area contributed by atoms with Gasteiger partial charge in [0.05, 0.1) is 4.90 Å². The lowest BCUT2D eigenvalue weighted by atomic mass is 10.2. The summed E-state index contributed by atoms with van der Waals surface area (Å²) in [5, 5.41) is 0. The Morgan fingerprint density at radius 3 is 2.76 bits per heavy atom. The van der Waals surface area contributed by atoms with E-state index in [9.17, 15) is 8.42 Å². The summed E-state index contributed by atoms with van der Waals surface area (Å²) < 4.78 is 27.6. The highest BCUT2D eigenvalue weighted by Crippen LogP contribution is 2.27. The van der Waals surface area contributed by atoms with E-state index in [0.29, 0.717) is 22.0 Å². The Labute approximate surface area is 136 Å². The third kappa shape index (κ3) is 3.67. The molecule has 118 valence electrons. The van der Waals surface area contributed by atoms with Crippen molar-refractivity contribution in [1.82, 2.24) is 9.21 Å². The maximum Gasteiger partial charge on any atom is 0.243 e. The van der Waals surface area contributed by atoms with E-state index in [1.165, 1.54) is 4.31 Å². The molecule has 0 aromatic heterocycles. The summed E-state index contributed by atoms with van der Waals surface area (Å²) in [5.41, 5.74) is 1.04. The van der Waals surface area contributed by atoms with Crippen LogP contribution in [0, 0.1) is 6.92 Å². The van der Waals surface area contributed by atoms with Crippen LogP contribution >= 0.6 is 15.9 Å². The van der Waals surface area contributed by atoms with E-state index in [0.717, 1.165) is 31.5 Å². The van der Waals surface area contributed by atoms with E-state index in [4.69, 9.17) is 0 Å². The second-order valence-corrected chi connectivity index (χ2v) is 8.51. The molecule has 4 nitrogen and oxygen atoms in total. The maximum absolute atomic E-state index is 12.7. The molecule has 0 spiro atoms. The number of hydrogen-bond donors (Lipinski definition) is 0. The summed E-state index contributed by atoms with van der Waals surface area (Å²) in [6, 6.07) is 5.69. The quantitative estimate of drug-likeness (QED) is 0.795. The molecule has 0 N–H and O–H groups in total. The van der Waals surface area contributed by atoms with Crippen LogP contribution in [-0.4, -0.2) is 50.3 Å². The molecular formula is C15H23BrN2O2S. The van der Waals surface area contributed by atoms with Gasteiger partial charge in [-0.15, -0.1) is 0 Å². The van der Waals surface area contributed by atoms with Crippen LogP contribution in [0.15, 0.2) is 27.6 Å². The number of sulfonamides is 1. The van der Waals surface area contributed by atoms with Crippen LogP contribution < -0.4 is 0 Å². The Bertz CT molecular complexity index is 604. The second kappa shape index (κ2) is 6.77. The SMILES string of the molecule is CCN1CCCC1CN(C)S(=O)(=O)c1ccc(C)cc1Br. The molecule has 2 rings (SSSR count). The van der Waals surface area contributed by atoms with E-state index in [2.05, 4.69) is 27.8 Å². The lowest BCUT2D eigenvalue weighted by Crippen LogP contribution is -2.41. The zero-order valence-corrected chi connectivity index (χ0v) is 15.2. The highest BCUT2D eigenvalue weighted by molar-refractivity contribution is 9.10. The fourth-order valence-electron chi connectivity index (χ4n) is 2.90. The molecule has 1 saturated heterocycles. The molecule has 1 aliphatic heterocycles. The van der Waals surface area contributed by atoms with Crippen molar-refractivity contribution in [3.05, 3.63) is 28.2 Å². The minimum atomic E-state index is -3.45. The summed E-state index contributed by atoms with van der Waals surface area (Å²) in [6.07, 6.45) is 2.23. The lowest BCUT2D eigenvalue weighted by Gasteiger charge is -2.27. The normalized spacial score (nSPS) is 20.3. The Morgan fingerprint density at radius 2 is 2.14 bits per heavy atom. The molecule has 1 fully saturated rings. The van der Waals surface area contributed by atoms with Crippen molar-refractivity contribution in [2.24, 2.45) is 0 Å². The van der Waals surface area contributed by atoms with Gasteiger partial charge in [0.25, 0.3) is 0 Å². The molecular weight excluding hydrogens is 352 g/mol. The molecule has 0 aliphatic carbocycles. The molecule has 1 heterocycles. The highest BCUT2D eigenvalue weighted by Gasteiger charge is 2.30. The number of rotatable bonds is 5. The fraction of sp³-hybridized carbons (Fsp3) is 0.600. The molecule has 0 amide bonds. The molecule has 1 unspecified atom stereocenters. The predicted molar refractivity (Wildman–Crippen MR) is 89.0 cm³/mol. The second-order valence-electron chi connectivity index (χ2n) is 5.64. The monoisotopic (exact) mass is 374 g/mol. The van der Waals surface area contributed by atoms with Crippen molar-refractivity contribution in [1.29, 1.82) is 0 Å². The maximum atomic E-state index is 12.7. The summed E-state index contributed by atoms with van der Waals surface area (Å²) in [5.74, 6) is 0. The smallest absolute Gasteiger partial charge is 0.243 e. The van der Waals surface area contributed by atoms with Crippen molar-refractivity contribution < 1.29 is 8.42 Å². The van der Waals surface area contributed by atoms with E-state index >= 15 is 0 Å². The molecule has 0 radical (unpaired) electrons. The Hall–Kier alpha value is -0.430. The minimum Gasteiger partial charge on any atom is -0.299 e. The number of likely N-dealkylation sites (tertiary alicyclic amines) is 1. The van der Waals surface area contributed by atoms with Crippen LogP contribution in [0.2, 0.25) is 0 Å². The first-order chi connectivity index (χ1) is 9.86. The minimum absolute atomic E-state index is 0.332. The molecule has 1 aromatic carbocycles. The summed E-state index contributed by atoms with van der Waals surface area (Å²) >= 11 is 3.37. The third-order valence-corrected chi connectivity index (χ3v) is 6.95. The van der Waals surface area contributed by atoms with Gasteiger partial charge in [-0.05, 0) is 66.5 Å². The molecule has 21 heavy (non-hydrogen) atoms. The van der Waals surface area contributed by atoms with Crippen molar-refractivity contribution in [3.63, 3.8) is 0 Å². The van der Waals surface area contributed by atoms with Gasteiger partial charge in [0.15, 0.2) is 0 Å². The highest BCUT2D eigenvalue weighted by atomic mass is 79.9. The average molecular weight is 375 g/mol. The zero-order chi connectivity index (χ0) is 15.6. The Kier molecular flexibility index (Phi) is 5.46. The molecule has 1 atom stereocenters. The van der Waals surface area contributed by atoms with Gasteiger partial charge >= 0.3 is 0 Å². The van der Waals surface area contributed by atoms with Crippen LogP contribution in [0.1, 0.15) is 25.3 Å². The summed E-state index contributed by atoms with van der Waals surface area (Å²) in [4.78, 5) is 2.70. The average Bonchev–Trinajstić information content (AvgIpc) is 2.85. The van der Waals surface area contributed by atoms with E-state index in [1.54, 1.807) is 13.1 Å². The fourth-order valence-corrected chi connectivity index (χ4v) is 5.25. The number of aryl methyl sites for hydroxylation is 1. The first-order valence-corrected chi connectivity index (χ1v) is 9.56. The van der Waals surface area contributed by atoms with Crippen LogP contribution in [0.3, 0.4) is 0 Å². The number of hydrogen-bond acceptors (Lipinski definition) is 3. The van der Waals surface area contributed by atoms with Crippen LogP contribution in [-0.2, 0) is 10.0 Å². The van der Waals surface area contributed by atoms with E-state index in [1.807, 2.05) is 19.1 Å². The molecule has 1 aliphatic rings. The van der Waals surface area contributed by atoms with Gasteiger partial charge in [-0.3, -0.25) is 4.90 Å². The van der Waals surface area contributed by atoms with Gasteiger partial charge in [-0.2, -0.15) is 4.31 Å². The zero-order valence-electron chi connectivity index (χ0n) is 12.8. The van der Waals surface area contributed by atoms with Gasteiger partial charge < -0.3 is 0 Å². The summed E-state index contributed by atoms with van der Waals surface area (Å²) in [7, 11) is -1.77. The van der Waals surface area contributed by atoms with E-state index < -0.39 is 10.0 Å². The first-order valence-electron chi connectivity index (χ1n) is 7.32. The van der Waals surface area contributed by atoms with Crippen molar-refractivity contribution >= 4 is 26.0 Å². The van der Waals surface area contributed by atoms with Gasteiger partial charge in [0.2, 0.25) is 10.0 Å². The standard InChI is InChI=1S/C15H23BrN2O2S/c1-4-18-9-5-6-13(18)11-17(3)21(19,20)15-8-7-12(2)10-14(15)16/h7-8,10,13H,4-6,9,11H2,1-3H3. The number of nitrogens with zero attached hydrogens (tertiary/aromatic N) is 2. The molecule has 0 bridgehead atoms. The van der Waals surface area contributed by atoms with Crippen LogP contribution in [0.25, 0.3) is 0 Å². The topological polar surface area (TPSA) is 40.6 Å². The largest absolute Gasteiger partial charge is 0.299 e. The molecule has 0 saturated carbocycles. The molecule has 1 aromatic rings. The van der Waals surface area contributed by atoms with Gasteiger partial charge in [-0.25, -0.2) is 8.42 Å². The molecule has 6 heteroatoms. The number of likely N-dealkylation sites (N-methyl/N-ethyl adjacent to an activating group) is 2. The van der Waals surface area contributed by atoms with Crippen LogP contribution in [0.4, 0.5) is 0 Å². The van der Waals surface area contributed by atoms with Crippen LogP contribution in [0.5, 0.6) is 0 Å². The van der Waals surface area contributed by atoms with Crippen molar-refractivity contribution in [2.75, 3.05) is 26.7 Å². The van der Waals surface area contributed by atoms with Crippen molar-refractivity contribution in [2.45, 2.75) is 37.6 Å². The lowest BCUT2D eigenvalue weighted by molar-refractivity contribution is 0.237. The number of halogens is 1. The third-order valence-electron chi connectivity index (χ3n) is 4.15. The predicted octanol–water partition coefficient (Wildman–Crippen LogP) is 2.86. The first kappa shape index (κ1) is 16.9. The van der Waals surface area contributed by atoms with Gasteiger partial charge in [-0.1, -0.05) is 13.0 Å². The van der Waals surface area contributed by atoms with Crippen molar-refractivity contribution in [3.8, 4) is 0 Å². The summed E-state index contributed by atoms with van der Waals surface area (Å²) in [6.45, 7) is 6.68. The van der Waals surface area contributed by atoms with Gasteiger partial charge in [0.1, 0.15) is 0 Å². The van der Waals surface area contributed by atoms with Gasteiger partial charge in [0, 0.05) is 24.1 Å². The number of benzene rings is 1. The Morgan fingerprint density at radius 1 is 1.43 bits per heavy atom. The Balaban J connectivity index is 2.18.